The molecule has 1 heterocycles. The average molecular weight is 259 g/mol. The molecule has 1 aromatic heterocycles. The molecule has 1 aliphatic rings. The second-order valence-electron chi connectivity index (χ2n) is 5.00. The maximum Gasteiger partial charge on any atom is 0.0897 e. The van der Waals surface area contributed by atoms with Crippen LogP contribution in [0.3, 0.4) is 0 Å². The summed E-state index contributed by atoms with van der Waals surface area (Å²) in [5, 5.41) is 13.7. The summed E-state index contributed by atoms with van der Waals surface area (Å²) in [7, 11) is 0. The quantitative estimate of drug-likeness (QED) is 0.897. The van der Waals surface area contributed by atoms with Gasteiger partial charge in [-0.15, -0.1) is 11.3 Å². The Balaban J connectivity index is 1.80. The molecule has 2 nitrogen and oxygen atoms in total. The van der Waals surface area contributed by atoms with E-state index < -0.39 is 0 Å². The van der Waals surface area contributed by atoms with Crippen LogP contribution in [0, 0.1) is 12.8 Å². The molecule has 94 valence electrons. The van der Waals surface area contributed by atoms with Crippen LogP contribution in [0.2, 0.25) is 0 Å². The molecule has 1 N–H and O–H groups in total. The Bertz CT molecular complexity index is 549. The van der Waals surface area contributed by atoms with E-state index >= 15 is 0 Å². The first-order chi connectivity index (χ1) is 8.74. The van der Waals surface area contributed by atoms with Gasteiger partial charge in [-0.1, -0.05) is 24.3 Å². The lowest BCUT2D eigenvalue weighted by molar-refractivity contribution is 0.0932. The molecule has 0 bridgehead atoms. The highest BCUT2D eigenvalue weighted by atomic mass is 32.1. The number of benzene rings is 1. The van der Waals surface area contributed by atoms with Crippen LogP contribution < -0.4 is 0 Å². The number of fused-ring (bicyclic) bond motifs is 1. The molecule has 0 saturated heterocycles. The lowest BCUT2D eigenvalue weighted by Crippen LogP contribution is -2.22. The second-order valence-corrected chi connectivity index (χ2v) is 6.07. The van der Waals surface area contributed by atoms with E-state index in [1.807, 2.05) is 13.0 Å². The van der Waals surface area contributed by atoms with Gasteiger partial charge in [0.1, 0.15) is 0 Å². The number of nitrogens with zero attached hydrogens (tertiary/aromatic N) is 1. The van der Waals surface area contributed by atoms with Gasteiger partial charge in [0, 0.05) is 5.38 Å². The Kier molecular flexibility index (Phi) is 3.18. The van der Waals surface area contributed by atoms with Crippen molar-refractivity contribution in [1.29, 1.82) is 0 Å². The van der Waals surface area contributed by atoms with Crippen molar-refractivity contribution in [2.24, 2.45) is 5.92 Å². The highest BCUT2D eigenvalue weighted by Crippen LogP contribution is 2.36. The first kappa shape index (κ1) is 11.9. The summed E-state index contributed by atoms with van der Waals surface area (Å²) in [6, 6.07) is 8.24. The number of hydrogen-bond acceptors (Lipinski definition) is 3. The number of aryl methyl sites for hydroxylation is 2. The highest BCUT2D eigenvalue weighted by molar-refractivity contribution is 7.09. The van der Waals surface area contributed by atoms with Gasteiger partial charge in [-0.3, -0.25) is 0 Å². The number of rotatable bonds is 2. The molecular formula is C15H17NOS. The minimum atomic E-state index is -0.336. The van der Waals surface area contributed by atoms with Crippen molar-refractivity contribution in [2.45, 2.75) is 32.3 Å². The molecule has 0 saturated carbocycles. The zero-order valence-corrected chi connectivity index (χ0v) is 11.3. The molecule has 1 aliphatic carbocycles. The summed E-state index contributed by atoms with van der Waals surface area (Å²) < 4.78 is 0. The smallest absolute Gasteiger partial charge is 0.0897 e. The number of aromatic nitrogens is 1. The molecule has 0 spiro atoms. The summed E-state index contributed by atoms with van der Waals surface area (Å²) in [6.07, 6.45) is 2.67. The summed E-state index contributed by atoms with van der Waals surface area (Å²) in [5.41, 5.74) is 3.54. The molecule has 18 heavy (non-hydrogen) atoms. The lowest BCUT2D eigenvalue weighted by Gasteiger charge is -2.29. The van der Waals surface area contributed by atoms with Gasteiger partial charge in [0.25, 0.3) is 0 Å². The van der Waals surface area contributed by atoms with Crippen molar-refractivity contribution < 1.29 is 5.11 Å². The maximum absolute atomic E-state index is 10.5. The monoisotopic (exact) mass is 259 g/mol. The summed E-state index contributed by atoms with van der Waals surface area (Å²) in [4.78, 5) is 4.50. The molecule has 2 atom stereocenters. The number of thiazole rings is 1. The van der Waals surface area contributed by atoms with Crippen molar-refractivity contribution in [3.8, 4) is 0 Å². The van der Waals surface area contributed by atoms with E-state index in [0.29, 0.717) is 5.92 Å². The molecule has 1 aromatic carbocycles. The molecule has 2 aromatic rings. The lowest BCUT2D eigenvalue weighted by atomic mass is 9.79. The van der Waals surface area contributed by atoms with Crippen molar-refractivity contribution in [3.05, 3.63) is 51.5 Å². The topological polar surface area (TPSA) is 33.1 Å². The van der Waals surface area contributed by atoms with Crippen molar-refractivity contribution in [2.75, 3.05) is 0 Å². The van der Waals surface area contributed by atoms with Gasteiger partial charge in [-0.2, -0.15) is 0 Å². The van der Waals surface area contributed by atoms with Crippen molar-refractivity contribution in [3.63, 3.8) is 0 Å². The zero-order chi connectivity index (χ0) is 12.5. The number of aliphatic hydroxyl groups is 1. The minimum Gasteiger partial charge on any atom is -0.388 e. The third-order valence-electron chi connectivity index (χ3n) is 3.74. The van der Waals surface area contributed by atoms with Gasteiger partial charge < -0.3 is 5.11 Å². The third-order valence-corrected chi connectivity index (χ3v) is 4.56. The van der Waals surface area contributed by atoms with Crippen LogP contribution in [0.25, 0.3) is 0 Å². The van der Waals surface area contributed by atoms with Gasteiger partial charge >= 0.3 is 0 Å². The van der Waals surface area contributed by atoms with Crippen molar-refractivity contribution in [1.82, 2.24) is 4.98 Å². The van der Waals surface area contributed by atoms with E-state index in [9.17, 15) is 5.11 Å². The fourth-order valence-corrected chi connectivity index (χ4v) is 3.41. The second kappa shape index (κ2) is 4.82. The minimum absolute atomic E-state index is 0.307. The fourth-order valence-electron chi connectivity index (χ4n) is 2.79. The van der Waals surface area contributed by atoms with Gasteiger partial charge in [-0.05, 0) is 43.2 Å². The Morgan fingerprint density at radius 2 is 2.22 bits per heavy atom. The molecule has 0 fully saturated rings. The fraction of sp³-hybridized carbons (Fsp3) is 0.400. The van der Waals surface area contributed by atoms with Crippen LogP contribution in [0.4, 0.5) is 0 Å². The van der Waals surface area contributed by atoms with Crippen LogP contribution in [0.15, 0.2) is 29.6 Å². The Morgan fingerprint density at radius 3 is 3.00 bits per heavy atom. The Morgan fingerprint density at radius 1 is 1.39 bits per heavy atom. The summed E-state index contributed by atoms with van der Waals surface area (Å²) in [6.45, 7) is 2.03. The zero-order valence-electron chi connectivity index (χ0n) is 10.5. The van der Waals surface area contributed by atoms with E-state index in [0.717, 1.165) is 35.5 Å². The molecule has 0 aliphatic heterocycles. The standard InChI is InChI=1S/C15H17NOS/c1-10-16-13(9-18-10)8-12-7-6-11-4-2-3-5-14(11)15(12)17/h2-5,9,12,15,17H,6-8H2,1H3. The van der Waals surface area contributed by atoms with Crippen LogP contribution in [-0.2, 0) is 12.8 Å². The normalized spacial score (nSPS) is 22.8. The third kappa shape index (κ3) is 2.20. The highest BCUT2D eigenvalue weighted by Gasteiger charge is 2.28. The maximum atomic E-state index is 10.5. The summed E-state index contributed by atoms with van der Waals surface area (Å²) >= 11 is 1.69. The Hall–Kier alpha value is -1.19. The van der Waals surface area contributed by atoms with E-state index in [4.69, 9.17) is 0 Å². The van der Waals surface area contributed by atoms with Gasteiger partial charge in [0.15, 0.2) is 0 Å². The molecule has 0 radical (unpaired) electrons. The Labute approximate surface area is 111 Å². The number of hydrogen-bond donors (Lipinski definition) is 1. The van der Waals surface area contributed by atoms with Gasteiger partial charge in [0.05, 0.1) is 16.8 Å². The van der Waals surface area contributed by atoms with Gasteiger partial charge in [0.2, 0.25) is 0 Å². The van der Waals surface area contributed by atoms with Crippen LogP contribution >= 0.6 is 11.3 Å². The summed E-state index contributed by atoms with van der Waals surface area (Å²) in [5.74, 6) is 0.307. The van der Waals surface area contributed by atoms with E-state index in [1.165, 1.54) is 5.56 Å². The van der Waals surface area contributed by atoms with E-state index in [2.05, 4.69) is 28.6 Å². The molecule has 2 unspecified atom stereocenters. The predicted octanol–water partition coefficient (Wildman–Crippen LogP) is 3.29. The van der Waals surface area contributed by atoms with Crippen LogP contribution in [0.1, 0.15) is 34.4 Å². The van der Waals surface area contributed by atoms with Gasteiger partial charge in [-0.25, -0.2) is 4.98 Å². The largest absolute Gasteiger partial charge is 0.388 e. The average Bonchev–Trinajstić information content (AvgIpc) is 2.79. The molecule has 3 rings (SSSR count). The van der Waals surface area contributed by atoms with E-state index in [1.54, 1.807) is 11.3 Å². The first-order valence-electron chi connectivity index (χ1n) is 6.41. The molecule has 3 heteroatoms. The van der Waals surface area contributed by atoms with E-state index in [-0.39, 0.29) is 6.10 Å². The SMILES string of the molecule is Cc1nc(CC2CCc3ccccc3C2O)cs1. The van der Waals surface area contributed by atoms with Crippen LogP contribution in [0.5, 0.6) is 0 Å². The first-order valence-corrected chi connectivity index (χ1v) is 7.29. The molecule has 0 amide bonds. The van der Waals surface area contributed by atoms with Crippen molar-refractivity contribution >= 4 is 11.3 Å². The van der Waals surface area contributed by atoms with Crippen LogP contribution in [-0.4, -0.2) is 10.1 Å². The predicted molar refractivity (Wildman–Crippen MR) is 73.8 cm³/mol. The number of aliphatic hydroxyl groups excluding tert-OH is 1. The molecular weight excluding hydrogens is 242 g/mol.